The molecule has 4 nitrogen and oxygen atoms in total. The van der Waals surface area contributed by atoms with E-state index in [0.29, 0.717) is 23.9 Å². The summed E-state index contributed by atoms with van der Waals surface area (Å²) < 4.78 is 6.08. The lowest BCUT2D eigenvalue weighted by Crippen LogP contribution is -2.39. The molecule has 0 saturated carbocycles. The highest BCUT2D eigenvalue weighted by Crippen LogP contribution is 2.27. The molecule has 1 aromatic rings. The smallest absolute Gasteiger partial charge is 0.231 e. The Morgan fingerprint density at radius 2 is 2.28 bits per heavy atom. The van der Waals surface area contributed by atoms with E-state index in [0.717, 1.165) is 4.47 Å². The van der Waals surface area contributed by atoms with Gasteiger partial charge in [0.05, 0.1) is 24.8 Å². The van der Waals surface area contributed by atoms with Gasteiger partial charge in [-0.1, -0.05) is 11.6 Å². The minimum Gasteiger partial charge on any atom is -0.379 e. The largest absolute Gasteiger partial charge is 0.379 e. The SMILES string of the molecule is CNC1COCC1C(=O)Nc1ccc(Cl)cc1Br. The van der Waals surface area contributed by atoms with Crippen LogP contribution in [0.3, 0.4) is 0 Å². The van der Waals surface area contributed by atoms with Gasteiger partial charge in [-0.05, 0) is 41.2 Å². The van der Waals surface area contributed by atoms with Gasteiger partial charge in [0, 0.05) is 15.5 Å². The fourth-order valence-electron chi connectivity index (χ4n) is 1.91. The molecule has 1 saturated heterocycles. The van der Waals surface area contributed by atoms with Crippen LogP contribution in [0.4, 0.5) is 5.69 Å². The first-order chi connectivity index (χ1) is 8.61. The van der Waals surface area contributed by atoms with Gasteiger partial charge in [0.1, 0.15) is 0 Å². The highest BCUT2D eigenvalue weighted by Gasteiger charge is 2.33. The maximum atomic E-state index is 12.1. The van der Waals surface area contributed by atoms with Gasteiger partial charge in [-0.25, -0.2) is 0 Å². The maximum absolute atomic E-state index is 12.1. The molecule has 2 rings (SSSR count). The van der Waals surface area contributed by atoms with E-state index in [2.05, 4.69) is 26.6 Å². The molecule has 2 atom stereocenters. The van der Waals surface area contributed by atoms with E-state index in [9.17, 15) is 4.79 Å². The number of ether oxygens (including phenoxy) is 1. The van der Waals surface area contributed by atoms with Crippen LogP contribution in [0.1, 0.15) is 0 Å². The highest BCUT2D eigenvalue weighted by molar-refractivity contribution is 9.10. The van der Waals surface area contributed by atoms with Gasteiger partial charge >= 0.3 is 0 Å². The zero-order valence-electron chi connectivity index (χ0n) is 9.87. The number of anilines is 1. The quantitative estimate of drug-likeness (QED) is 0.892. The van der Waals surface area contributed by atoms with Gasteiger partial charge < -0.3 is 15.4 Å². The van der Waals surface area contributed by atoms with Crippen molar-refractivity contribution in [2.75, 3.05) is 25.6 Å². The van der Waals surface area contributed by atoms with Crippen molar-refractivity contribution in [2.24, 2.45) is 5.92 Å². The first kappa shape index (κ1) is 13.8. The second kappa shape index (κ2) is 6.02. The van der Waals surface area contributed by atoms with Crippen LogP contribution < -0.4 is 10.6 Å². The third kappa shape index (κ3) is 3.03. The number of rotatable bonds is 3. The maximum Gasteiger partial charge on any atom is 0.231 e. The molecule has 0 aromatic heterocycles. The van der Waals surface area contributed by atoms with Gasteiger partial charge in [-0.2, -0.15) is 0 Å². The molecule has 0 radical (unpaired) electrons. The third-order valence-corrected chi connectivity index (χ3v) is 3.87. The first-order valence-corrected chi connectivity index (χ1v) is 6.80. The van der Waals surface area contributed by atoms with Crippen molar-refractivity contribution in [1.29, 1.82) is 0 Å². The zero-order chi connectivity index (χ0) is 13.1. The molecule has 0 aliphatic carbocycles. The minimum atomic E-state index is -0.169. The van der Waals surface area contributed by atoms with Crippen molar-refractivity contribution in [2.45, 2.75) is 6.04 Å². The lowest BCUT2D eigenvalue weighted by atomic mass is 10.0. The summed E-state index contributed by atoms with van der Waals surface area (Å²) >= 11 is 9.22. The molecule has 0 bridgehead atoms. The van der Waals surface area contributed by atoms with Gasteiger partial charge in [0.15, 0.2) is 0 Å². The van der Waals surface area contributed by atoms with E-state index in [4.69, 9.17) is 16.3 Å². The number of likely N-dealkylation sites (N-methyl/N-ethyl adjacent to an activating group) is 1. The Kier molecular flexibility index (Phi) is 4.61. The molecular weight excluding hydrogens is 320 g/mol. The van der Waals surface area contributed by atoms with Crippen LogP contribution in [0.2, 0.25) is 5.02 Å². The Morgan fingerprint density at radius 1 is 1.50 bits per heavy atom. The van der Waals surface area contributed by atoms with Crippen LogP contribution in [0.5, 0.6) is 0 Å². The predicted octanol–water partition coefficient (Wildman–Crippen LogP) is 2.28. The van der Waals surface area contributed by atoms with Gasteiger partial charge in [-0.3, -0.25) is 4.79 Å². The molecule has 18 heavy (non-hydrogen) atoms. The average molecular weight is 334 g/mol. The van der Waals surface area contributed by atoms with Crippen molar-refractivity contribution < 1.29 is 9.53 Å². The predicted molar refractivity (Wildman–Crippen MR) is 74.9 cm³/mol. The van der Waals surface area contributed by atoms with E-state index in [1.807, 2.05) is 7.05 Å². The van der Waals surface area contributed by atoms with Crippen molar-refractivity contribution in [1.82, 2.24) is 5.32 Å². The van der Waals surface area contributed by atoms with Crippen LogP contribution in [-0.4, -0.2) is 32.2 Å². The summed E-state index contributed by atoms with van der Waals surface area (Å²) in [4.78, 5) is 12.1. The summed E-state index contributed by atoms with van der Waals surface area (Å²) in [5.41, 5.74) is 0.714. The second-order valence-electron chi connectivity index (χ2n) is 4.15. The Labute approximate surface area is 119 Å². The second-order valence-corrected chi connectivity index (χ2v) is 5.44. The molecule has 6 heteroatoms. The lowest BCUT2D eigenvalue weighted by molar-refractivity contribution is -0.120. The van der Waals surface area contributed by atoms with E-state index < -0.39 is 0 Å². The van der Waals surface area contributed by atoms with E-state index >= 15 is 0 Å². The van der Waals surface area contributed by atoms with Gasteiger partial charge in [0.2, 0.25) is 5.91 Å². The Balaban J connectivity index is 2.07. The molecule has 0 spiro atoms. The summed E-state index contributed by atoms with van der Waals surface area (Å²) in [6.45, 7) is 1.01. The third-order valence-electron chi connectivity index (χ3n) is 2.98. The molecule has 2 unspecified atom stereocenters. The summed E-state index contributed by atoms with van der Waals surface area (Å²) in [7, 11) is 1.83. The normalized spacial score (nSPS) is 23.1. The van der Waals surface area contributed by atoms with E-state index in [1.165, 1.54) is 0 Å². The summed E-state index contributed by atoms with van der Waals surface area (Å²) in [6, 6.07) is 5.32. The number of hydrogen-bond acceptors (Lipinski definition) is 3. The summed E-state index contributed by atoms with van der Waals surface area (Å²) in [5.74, 6) is -0.215. The van der Waals surface area contributed by atoms with Crippen LogP contribution in [0.15, 0.2) is 22.7 Å². The van der Waals surface area contributed by atoms with Gasteiger partial charge in [-0.15, -0.1) is 0 Å². The zero-order valence-corrected chi connectivity index (χ0v) is 12.2. The van der Waals surface area contributed by atoms with Gasteiger partial charge in [0.25, 0.3) is 0 Å². The topological polar surface area (TPSA) is 50.4 Å². The van der Waals surface area contributed by atoms with Crippen molar-refractivity contribution in [3.05, 3.63) is 27.7 Å². The molecule has 2 N–H and O–H groups in total. The number of benzene rings is 1. The number of amides is 1. The number of nitrogens with one attached hydrogen (secondary N) is 2. The molecule has 98 valence electrons. The standard InChI is InChI=1S/C12H14BrClN2O2/c1-15-11-6-18-5-8(11)12(17)16-10-3-2-7(14)4-9(10)13/h2-4,8,11,15H,5-6H2,1H3,(H,16,17). The Bertz CT molecular complexity index is 456. The van der Waals surface area contributed by atoms with Crippen LogP contribution in [0.25, 0.3) is 0 Å². The van der Waals surface area contributed by atoms with Crippen molar-refractivity contribution in [3.8, 4) is 0 Å². The molecule has 1 aromatic carbocycles. The van der Waals surface area contributed by atoms with E-state index in [-0.39, 0.29) is 17.9 Å². The Hall–Kier alpha value is -0.620. The number of hydrogen-bond donors (Lipinski definition) is 2. The Morgan fingerprint density at radius 3 is 2.94 bits per heavy atom. The fraction of sp³-hybridized carbons (Fsp3) is 0.417. The van der Waals surface area contributed by atoms with Crippen LogP contribution in [0, 0.1) is 5.92 Å². The number of carbonyl (C=O) groups excluding carboxylic acids is 1. The first-order valence-electron chi connectivity index (χ1n) is 5.62. The summed E-state index contributed by atoms with van der Waals surface area (Å²) in [5, 5.41) is 6.59. The molecule has 1 fully saturated rings. The summed E-state index contributed by atoms with van der Waals surface area (Å²) in [6.07, 6.45) is 0. The molecular formula is C12H14BrClN2O2. The number of halogens is 2. The van der Waals surface area contributed by atoms with Crippen molar-refractivity contribution >= 4 is 39.1 Å². The fourth-order valence-corrected chi connectivity index (χ4v) is 2.70. The highest BCUT2D eigenvalue weighted by atomic mass is 79.9. The van der Waals surface area contributed by atoms with Crippen LogP contribution >= 0.6 is 27.5 Å². The molecule has 1 heterocycles. The van der Waals surface area contributed by atoms with Crippen LogP contribution in [-0.2, 0) is 9.53 Å². The average Bonchev–Trinajstić information content (AvgIpc) is 2.81. The molecule has 1 amide bonds. The molecule has 1 aliphatic rings. The monoisotopic (exact) mass is 332 g/mol. The minimum absolute atomic E-state index is 0.0464. The lowest BCUT2D eigenvalue weighted by Gasteiger charge is -2.17. The van der Waals surface area contributed by atoms with E-state index in [1.54, 1.807) is 18.2 Å². The molecule has 1 aliphatic heterocycles. The number of carbonyl (C=O) groups is 1. The van der Waals surface area contributed by atoms with Crippen molar-refractivity contribution in [3.63, 3.8) is 0 Å².